The van der Waals surface area contributed by atoms with E-state index in [1.807, 2.05) is 23.9 Å². The Morgan fingerprint density at radius 1 is 1.00 bits per heavy atom. The maximum atomic E-state index is 5.19. The number of rotatable bonds is 5. The molecule has 1 saturated heterocycles. The van der Waals surface area contributed by atoms with Crippen LogP contribution < -0.4 is 14.5 Å². The van der Waals surface area contributed by atoms with Gasteiger partial charge in [0, 0.05) is 39.6 Å². The highest BCUT2D eigenvalue weighted by Crippen LogP contribution is 2.20. The first-order valence-electron chi connectivity index (χ1n) is 9.58. The zero-order chi connectivity index (χ0) is 19.5. The molecule has 0 N–H and O–H groups in total. The van der Waals surface area contributed by atoms with E-state index in [0.717, 1.165) is 55.9 Å². The minimum atomic E-state index is 0.779. The predicted molar refractivity (Wildman–Crippen MR) is 110 cm³/mol. The van der Waals surface area contributed by atoms with Gasteiger partial charge in [-0.25, -0.2) is 4.98 Å². The molecule has 28 heavy (non-hydrogen) atoms. The summed E-state index contributed by atoms with van der Waals surface area (Å²) in [6.45, 7) is 5.68. The molecule has 146 valence electrons. The first-order chi connectivity index (χ1) is 13.6. The van der Waals surface area contributed by atoms with Gasteiger partial charge >= 0.3 is 0 Å². The zero-order valence-corrected chi connectivity index (χ0v) is 16.7. The highest BCUT2D eigenvalue weighted by atomic mass is 16.5. The van der Waals surface area contributed by atoms with Gasteiger partial charge in [-0.2, -0.15) is 4.98 Å². The lowest BCUT2D eigenvalue weighted by molar-refractivity contribution is 0.413. The van der Waals surface area contributed by atoms with Crippen LogP contribution in [0.1, 0.15) is 17.0 Å². The predicted octanol–water partition coefficient (Wildman–Crippen LogP) is 2.44. The van der Waals surface area contributed by atoms with Gasteiger partial charge in [-0.1, -0.05) is 24.3 Å². The van der Waals surface area contributed by atoms with E-state index >= 15 is 0 Å². The number of benzene rings is 1. The summed E-state index contributed by atoms with van der Waals surface area (Å²) >= 11 is 0. The van der Waals surface area contributed by atoms with Crippen LogP contribution in [-0.4, -0.2) is 53.0 Å². The van der Waals surface area contributed by atoms with Crippen LogP contribution in [0.4, 0.5) is 11.8 Å². The minimum absolute atomic E-state index is 0.779. The van der Waals surface area contributed by atoms with E-state index in [9.17, 15) is 0 Å². The number of aromatic nitrogens is 4. The van der Waals surface area contributed by atoms with Crippen molar-refractivity contribution in [3.8, 4) is 5.75 Å². The molecule has 0 spiro atoms. The third-order valence-electron chi connectivity index (χ3n) is 5.29. The molecular weight excluding hydrogens is 352 g/mol. The van der Waals surface area contributed by atoms with Gasteiger partial charge in [0.25, 0.3) is 0 Å². The van der Waals surface area contributed by atoms with Crippen LogP contribution in [0.15, 0.2) is 42.6 Å². The smallest absolute Gasteiger partial charge is 0.245 e. The lowest BCUT2D eigenvalue weighted by Crippen LogP contribution is -2.47. The number of ether oxygens (including phenoxy) is 1. The van der Waals surface area contributed by atoms with Gasteiger partial charge in [-0.15, -0.1) is 5.10 Å². The van der Waals surface area contributed by atoms with Crippen LogP contribution in [0.3, 0.4) is 0 Å². The van der Waals surface area contributed by atoms with Crippen LogP contribution >= 0.6 is 0 Å². The molecule has 1 aliphatic rings. The fraction of sp³-hybridized carbons (Fsp3) is 0.381. The van der Waals surface area contributed by atoms with Gasteiger partial charge in [0.15, 0.2) is 0 Å². The van der Waals surface area contributed by atoms with E-state index in [4.69, 9.17) is 9.72 Å². The van der Waals surface area contributed by atoms with E-state index in [1.54, 1.807) is 13.3 Å². The monoisotopic (exact) mass is 378 g/mol. The Kier molecular flexibility index (Phi) is 5.14. The average molecular weight is 378 g/mol. The number of methoxy groups -OCH3 is 1. The van der Waals surface area contributed by atoms with E-state index < -0.39 is 0 Å². The summed E-state index contributed by atoms with van der Waals surface area (Å²) < 4.78 is 7.09. The largest absolute Gasteiger partial charge is 0.495 e. The van der Waals surface area contributed by atoms with E-state index in [0.29, 0.717) is 0 Å². The van der Waals surface area contributed by atoms with E-state index in [-0.39, 0.29) is 0 Å². The summed E-state index contributed by atoms with van der Waals surface area (Å²) in [5.41, 5.74) is 2.58. The van der Waals surface area contributed by atoms with Crippen LogP contribution in [0, 0.1) is 6.92 Å². The standard InChI is InChI=1S/C21H26N6O/c1-16-6-4-5-7-17(16)14-20-23-21(24-25(20)2)27-12-10-26(11-13-27)19-9-8-18(28-3)15-22-19/h4-9,15H,10-14H2,1-3H3. The fourth-order valence-electron chi connectivity index (χ4n) is 3.48. The Balaban J connectivity index is 1.41. The van der Waals surface area contributed by atoms with Gasteiger partial charge in [-0.05, 0) is 30.2 Å². The van der Waals surface area contributed by atoms with Crippen molar-refractivity contribution in [1.29, 1.82) is 0 Å². The number of anilines is 2. The van der Waals surface area contributed by atoms with Crippen molar-refractivity contribution in [1.82, 2.24) is 19.7 Å². The van der Waals surface area contributed by atoms with Crippen molar-refractivity contribution < 1.29 is 4.74 Å². The topological polar surface area (TPSA) is 59.3 Å². The number of hydrogen-bond donors (Lipinski definition) is 0. The lowest BCUT2D eigenvalue weighted by Gasteiger charge is -2.34. The summed E-state index contributed by atoms with van der Waals surface area (Å²) in [4.78, 5) is 13.8. The molecule has 1 aromatic carbocycles. The van der Waals surface area contributed by atoms with Crippen molar-refractivity contribution in [2.45, 2.75) is 13.3 Å². The quantitative estimate of drug-likeness (QED) is 0.680. The highest BCUT2D eigenvalue weighted by molar-refractivity contribution is 5.44. The van der Waals surface area contributed by atoms with Gasteiger partial charge in [0.05, 0.1) is 13.3 Å². The molecule has 0 atom stereocenters. The Hall–Kier alpha value is -3.09. The lowest BCUT2D eigenvalue weighted by atomic mass is 10.1. The Morgan fingerprint density at radius 2 is 1.75 bits per heavy atom. The maximum Gasteiger partial charge on any atom is 0.245 e. The van der Waals surface area contributed by atoms with Crippen molar-refractivity contribution in [2.75, 3.05) is 43.1 Å². The number of nitrogens with zero attached hydrogens (tertiary/aromatic N) is 6. The molecule has 3 aromatic rings. The molecule has 7 heteroatoms. The average Bonchev–Trinajstić information content (AvgIpc) is 3.10. The maximum absolute atomic E-state index is 5.19. The van der Waals surface area contributed by atoms with Crippen molar-refractivity contribution in [2.24, 2.45) is 7.05 Å². The van der Waals surface area contributed by atoms with Crippen LogP contribution in [0.5, 0.6) is 5.75 Å². The number of aryl methyl sites for hydroxylation is 2. The summed E-state index contributed by atoms with van der Waals surface area (Å²) in [7, 11) is 3.63. The van der Waals surface area contributed by atoms with Gasteiger partial charge < -0.3 is 14.5 Å². The molecule has 0 aliphatic carbocycles. The second-order valence-corrected chi connectivity index (χ2v) is 7.09. The molecule has 3 heterocycles. The van der Waals surface area contributed by atoms with E-state index in [2.05, 4.69) is 51.1 Å². The van der Waals surface area contributed by atoms with Crippen LogP contribution in [0.25, 0.3) is 0 Å². The highest BCUT2D eigenvalue weighted by Gasteiger charge is 2.22. The molecule has 0 amide bonds. The van der Waals surface area contributed by atoms with Gasteiger partial charge in [0.1, 0.15) is 17.4 Å². The van der Waals surface area contributed by atoms with Gasteiger partial charge in [-0.3, -0.25) is 4.68 Å². The van der Waals surface area contributed by atoms with Crippen molar-refractivity contribution >= 4 is 11.8 Å². The molecule has 1 aliphatic heterocycles. The SMILES string of the molecule is COc1ccc(N2CCN(c3nc(Cc4ccccc4C)n(C)n3)CC2)nc1. The molecule has 0 unspecified atom stereocenters. The first-order valence-corrected chi connectivity index (χ1v) is 9.58. The van der Waals surface area contributed by atoms with Crippen LogP contribution in [0.2, 0.25) is 0 Å². The molecule has 7 nitrogen and oxygen atoms in total. The van der Waals surface area contributed by atoms with Crippen LogP contribution in [-0.2, 0) is 13.5 Å². The van der Waals surface area contributed by atoms with Crippen molar-refractivity contribution in [3.05, 3.63) is 59.5 Å². The molecule has 0 radical (unpaired) electrons. The van der Waals surface area contributed by atoms with Crippen molar-refractivity contribution in [3.63, 3.8) is 0 Å². The zero-order valence-electron chi connectivity index (χ0n) is 16.7. The second kappa shape index (κ2) is 7.88. The molecule has 1 fully saturated rings. The molecule has 0 bridgehead atoms. The Labute approximate surface area is 165 Å². The number of hydrogen-bond acceptors (Lipinski definition) is 6. The normalized spacial score (nSPS) is 14.4. The summed E-state index contributed by atoms with van der Waals surface area (Å²) in [6.07, 6.45) is 2.56. The first kappa shape index (κ1) is 18.3. The molecule has 4 rings (SSSR count). The summed E-state index contributed by atoms with van der Waals surface area (Å²) in [6, 6.07) is 12.4. The summed E-state index contributed by atoms with van der Waals surface area (Å²) in [5, 5.41) is 4.66. The molecular formula is C21H26N6O. The minimum Gasteiger partial charge on any atom is -0.495 e. The molecule has 0 saturated carbocycles. The fourth-order valence-corrected chi connectivity index (χ4v) is 3.48. The van der Waals surface area contributed by atoms with Gasteiger partial charge in [0.2, 0.25) is 5.95 Å². The number of pyridine rings is 1. The second-order valence-electron chi connectivity index (χ2n) is 7.09. The third kappa shape index (κ3) is 3.78. The number of piperazine rings is 1. The summed E-state index contributed by atoms with van der Waals surface area (Å²) in [5.74, 6) is 3.56. The Bertz CT molecular complexity index is 928. The molecule has 2 aromatic heterocycles. The van der Waals surface area contributed by atoms with E-state index in [1.165, 1.54) is 11.1 Å². The Morgan fingerprint density at radius 3 is 2.43 bits per heavy atom. The third-order valence-corrected chi connectivity index (χ3v) is 5.29.